The largest absolute Gasteiger partial charge is 0.462 e. The number of carbonyl (C=O) groups is 3. The second-order valence-electron chi connectivity index (χ2n) is 5.34. The molecule has 26 heavy (non-hydrogen) atoms. The Morgan fingerprint density at radius 1 is 1.08 bits per heavy atom. The highest BCUT2D eigenvalue weighted by Crippen LogP contribution is 2.23. The lowest BCUT2D eigenvalue weighted by atomic mass is 10.1. The molecular formula is C19H18FNO4S. The summed E-state index contributed by atoms with van der Waals surface area (Å²) >= 11 is 1.04. The Balaban J connectivity index is 1.91. The van der Waals surface area contributed by atoms with Crippen molar-refractivity contribution in [1.29, 1.82) is 0 Å². The Morgan fingerprint density at radius 2 is 1.73 bits per heavy atom. The molecule has 0 radical (unpaired) electrons. The first kappa shape index (κ1) is 19.7. The molecule has 0 spiro atoms. The quantitative estimate of drug-likeness (QED) is 0.451. The van der Waals surface area contributed by atoms with Crippen LogP contribution in [0.4, 0.5) is 10.1 Å². The van der Waals surface area contributed by atoms with Gasteiger partial charge in [-0.05, 0) is 50.2 Å². The molecule has 136 valence electrons. The number of benzene rings is 2. The molecule has 2 rings (SSSR count). The molecule has 2 aromatic carbocycles. The summed E-state index contributed by atoms with van der Waals surface area (Å²) in [5.41, 5.74) is 1.21. The summed E-state index contributed by atoms with van der Waals surface area (Å²) in [6, 6.07) is 10.5. The number of thioether (sulfide) groups is 1. The van der Waals surface area contributed by atoms with Crippen molar-refractivity contribution in [2.45, 2.75) is 18.7 Å². The number of hydrogen-bond acceptors (Lipinski definition) is 5. The molecule has 2 aromatic rings. The molecule has 0 atom stereocenters. The highest BCUT2D eigenvalue weighted by atomic mass is 32.2. The molecule has 0 saturated heterocycles. The predicted octanol–water partition coefficient (Wildman–Crippen LogP) is 3.94. The maximum Gasteiger partial charge on any atom is 0.338 e. The van der Waals surface area contributed by atoms with Crippen LogP contribution in [0.3, 0.4) is 0 Å². The molecular weight excluding hydrogens is 357 g/mol. The average molecular weight is 375 g/mol. The van der Waals surface area contributed by atoms with Gasteiger partial charge in [-0.1, -0.05) is 6.07 Å². The van der Waals surface area contributed by atoms with E-state index in [4.69, 9.17) is 4.74 Å². The molecule has 0 aliphatic heterocycles. The standard InChI is InChI=1S/C19H18FNO4S/c1-3-25-19(24)13-4-7-15(8-5-13)21-18(23)11-26-17-9-6-14(12(2)22)10-16(17)20/h4-10H,3,11H2,1-2H3,(H,21,23). The van der Waals surface area contributed by atoms with Gasteiger partial charge in [0.1, 0.15) is 5.82 Å². The minimum Gasteiger partial charge on any atom is -0.462 e. The SMILES string of the molecule is CCOC(=O)c1ccc(NC(=O)CSc2ccc(C(C)=O)cc2F)cc1. The summed E-state index contributed by atoms with van der Waals surface area (Å²) in [4.78, 5) is 35.1. The van der Waals surface area contributed by atoms with Crippen molar-refractivity contribution < 1.29 is 23.5 Å². The van der Waals surface area contributed by atoms with E-state index < -0.39 is 11.8 Å². The van der Waals surface area contributed by atoms with Crippen molar-refractivity contribution >= 4 is 35.1 Å². The number of amides is 1. The molecule has 0 unspecified atom stereocenters. The summed E-state index contributed by atoms with van der Waals surface area (Å²) in [5, 5.41) is 2.67. The molecule has 7 heteroatoms. The first-order valence-electron chi connectivity index (χ1n) is 7.91. The minimum absolute atomic E-state index is 0.00989. The van der Waals surface area contributed by atoms with E-state index in [0.717, 1.165) is 17.8 Å². The fourth-order valence-electron chi connectivity index (χ4n) is 2.08. The van der Waals surface area contributed by atoms with Gasteiger partial charge >= 0.3 is 5.97 Å². The smallest absolute Gasteiger partial charge is 0.338 e. The van der Waals surface area contributed by atoms with E-state index in [2.05, 4.69) is 5.32 Å². The molecule has 1 amide bonds. The van der Waals surface area contributed by atoms with Gasteiger partial charge in [0.05, 0.1) is 17.9 Å². The molecule has 0 fully saturated rings. The van der Waals surface area contributed by atoms with Crippen LogP contribution in [0.5, 0.6) is 0 Å². The molecule has 0 heterocycles. The number of carbonyl (C=O) groups excluding carboxylic acids is 3. The lowest BCUT2D eigenvalue weighted by molar-refractivity contribution is -0.113. The topological polar surface area (TPSA) is 72.5 Å². The van der Waals surface area contributed by atoms with Crippen LogP contribution in [0.2, 0.25) is 0 Å². The zero-order valence-corrected chi connectivity index (χ0v) is 15.2. The van der Waals surface area contributed by atoms with E-state index in [9.17, 15) is 18.8 Å². The van der Waals surface area contributed by atoms with E-state index in [-0.39, 0.29) is 23.0 Å². The lowest BCUT2D eigenvalue weighted by Crippen LogP contribution is -2.14. The third-order valence-electron chi connectivity index (χ3n) is 3.38. The van der Waals surface area contributed by atoms with E-state index >= 15 is 0 Å². The highest BCUT2D eigenvalue weighted by Gasteiger charge is 2.10. The molecule has 1 N–H and O–H groups in total. The van der Waals surface area contributed by atoms with E-state index in [0.29, 0.717) is 22.8 Å². The Hall–Kier alpha value is -2.67. The van der Waals surface area contributed by atoms with Crippen LogP contribution in [-0.4, -0.2) is 30.0 Å². The normalized spacial score (nSPS) is 10.3. The highest BCUT2D eigenvalue weighted by molar-refractivity contribution is 8.00. The van der Waals surface area contributed by atoms with Crippen LogP contribution in [0.25, 0.3) is 0 Å². The van der Waals surface area contributed by atoms with Gasteiger partial charge in [-0.25, -0.2) is 9.18 Å². The summed E-state index contributed by atoms with van der Waals surface area (Å²) in [7, 11) is 0. The molecule has 0 bridgehead atoms. The van der Waals surface area contributed by atoms with Crippen LogP contribution in [-0.2, 0) is 9.53 Å². The van der Waals surface area contributed by atoms with Crippen molar-refractivity contribution in [3.05, 3.63) is 59.4 Å². The maximum absolute atomic E-state index is 13.9. The first-order valence-corrected chi connectivity index (χ1v) is 8.89. The number of anilines is 1. The third kappa shape index (κ3) is 5.42. The molecule has 0 aromatic heterocycles. The molecule has 0 saturated carbocycles. The summed E-state index contributed by atoms with van der Waals surface area (Å²) in [6.07, 6.45) is 0. The first-order chi connectivity index (χ1) is 12.4. The monoisotopic (exact) mass is 375 g/mol. The summed E-state index contributed by atoms with van der Waals surface area (Å²) < 4.78 is 18.8. The van der Waals surface area contributed by atoms with Gasteiger partial charge in [0, 0.05) is 16.1 Å². The number of ketones is 1. The van der Waals surface area contributed by atoms with Crippen molar-refractivity contribution in [3.8, 4) is 0 Å². The number of nitrogens with one attached hydrogen (secondary N) is 1. The second kappa shape index (κ2) is 9.15. The van der Waals surface area contributed by atoms with Crippen molar-refractivity contribution in [1.82, 2.24) is 0 Å². The van der Waals surface area contributed by atoms with Crippen LogP contribution in [0.15, 0.2) is 47.4 Å². The Kier molecular flexibility index (Phi) is 6.91. The Labute approximate surface area is 154 Å². The predicted molar refractivity (Wildman–Crippen MR) is 98.2 cm³/mol. The number of esters is 1. The zero-order valence-electron chi connectivity index (χ0n) is 14.4. The number of Topliss-reactive ketones (excluding diaryl/α,β-unsaturated/α-hetero) is 1. The van der Waals surface area contributed by atoms with Gasteiger partial charge in [0.2, 0.25) is 5.91 Å². The van der Waals surface area contributed by atoms with Crippen LogP contribution < -0.4 is 5.32 Å². The number of ether oxygens (including phenoxy) is 1. The summed E-state index contributed by atoms with van der Waals surface area (Å²) in [6.45, 7) is 3.38. The Morgan fingerprint density at radius 3 is 2.31 bits per heavy atom. The summed E-state index contributed by atoms with van der Waals surface area (Å²) in [5.74, 6) is -1.48. The number of rotatable bonds is 7. The van der Waals surface area contributed by atoms with E-state index in [1.54, 1.807) is 31.2 Å². The number of halogens is 1. The van der Waals surface area contributed by atoms with Crippen molar-refractivity contribution in [2.24, 2.45) is 0 Å². The molecule has 5 nitrogen and oxygen atoms in total. The maximum atomic E-state index is 13.9. The zero-order chi connectivity index (χ0) is 19.1. The third-order valence-corrected chi connectivity index (χ3v) is 4.43. The van der Waals surface area contributed by atoms with Gasteiger partial charge in [-0.15, -0.1) is 11.8 Å². The minimum atomic E-state index is -0.533. The van der Waals surface area contributed by atoms with Crippen LogP contribution in [0, 0.1) is 5.82 Å². The van der Waals surface area contributed by atoms with Crippen LogP contribution >= 0.6 is 11.8 Å². The second-order valence-corrected chi connectivity index (χ2v) is 6.35. The fourth-order valence-corrected chi connectivity index (χ4v) is 2.80. The molecule has 0 aliphatic carbocycles. The van der Waals surface area contributed by atoms with Gasteiger partial charge in [-0.3, -0.25) is 9.59 Å². The van der Waals surface area contributed by atoms with Crippen molar-refractivity contribution in [3.63, 3.8) is 0 Å². The average Bonchev–Trinajstić information content (AvgIpc) is 2.61. The van der Waals surface area contributed by atoms with Gasteiger partial charge in [-0.2, -0.15) is 0 Å². The lowest BCUT2D eigenvalue weighted by Gasteiger charge is -2.07. The van der Waals surface area contributed by atoms with Gasteiger partial charge in [0.25, 0.3) is 0 Å². The van der Waals surface area contributed by atoms with Gasteiger partial charge < -0.3 is 10.1 Å². The van der Waals surface area contributed by atoms with Gasteiger partial charge in [0.15, 0.2) is 5.78 Å². The van der Waals surface area contributed by atoms with E-state index in [1.807, 2.05) is 0 Å². The molecule has 0 aliphatic rings. The van der Waals surface area contributed by atoms with Crippen molar-refractivity contribution in [2.75, 3.05) is 17.7 Å². The fraction of sp³-hybridized carbons (Fsp3) is 0.211. The van der Waals surface area contributed by atoms with E-state index in [1.165, 1.54) is 19.1 Å². The number of hydrogen-bond donors (Lipinski definition) is 1. The van der Waals surface area contributed by atoms with Crippen LogP contribution in [0.1, 0.15) is 34.6 Å². The Bertz CT molecular complexity index is 821.